The van der Waals surface area contributed by atoms with Gasteiger partial charge in [0.05, 0.1) is 6.20 Å². The van der Waals surface area contributed by atoms with Crippen LogP contribution < -0.4 is 0 Å². The van der Waals surface area contributed by atoms with Gasteiger partial charge in [-0.05, 0) is 11.6 Å². The molecule has 0 fully saturated rings. The van der Waals surface area contributed by atoms with E-state index in [1.165, 1.54) is 0 Å². The Bertz CT molecular complexity index is 880. The van der Waals surface area contributed by atoms with Gasteiger partial charge in [-0.15, -0.1) is 0 Å². The molecule has 1 unspecified atom stereocenters. The van der Waals surface area contributed by atoms with Crippen LogP contribution >= 0.6 is 0 Å². The van der Waals surface area contributed by atoms with Crippen LogP contribution in [0.3, 0.4) is 0 Å². The summed E-state index contributed by atoms with van der Waals surface area (Å²) >= 11 is 0. The molecular formula is C17H18N4O2. The van der Waals surface area contributed by atoms with Crippen molar-refractivity contribution in [2.45, 2.75) is 25.6 Å². The van der Waals surface area contributed by atoms with E-state index in [2.05, 4.69) is 16.1 Å². The second kappa shape index (κ2) is 5.24. The fourth-order valence-corrected chi connectivity index (χ4v) is 3.46. The molecule has 0 radical (unpaired) electrons. The van der Waals surface area contributed by atoms with Crippen molar-refractivity contribution in [2.75, 3.05) is 0 Å². The molecule has 0 amide bonds. The SMILES string of the molecule is Cn1cc(CN2Cc3[nH]c4ccccc4c3CC2C(=O)O)cn1. The molecule has 0 spiro atoms. The minimum atomic E-state index is -0.773. The third-order valence-electron chi connectivity index (χ3n) is 4.53. The summed E-state index contributed by atoms with van der Waals surface area (Å²) in [6.07, 6.45) is 4.24. The second-order valence-electron chi connectivity index (χ2n) is 6.11. The van der Waals surface area contributed by atoms with Crippen LogP contribution in [0, 0.1) is 0 Å². The number of carboxylic acid groups (broad SMARTS) is 1. The van der Waals surface area contributed by atoms with Crippen molar-refractivity contribution in [3.8, 4) is 0 Å². The summed E-state index contributed by atoms with van der Waals surface area (Å²) in [6, 6.07) is 7.57. The molecule has 1 aliphatic rings. The summed E-state index contributed by atoms with van der Waals surface area (Å²) in [7, 11) is 1.87. The summed E-state index contributed by atoms with van der Waals surface area (Å²) in [4.78, 5) is 17.2. The average Bonchev–Trinajstić information content (AvgIpc) is 3.09. The second-order valence-corrected chi connectivity index (χ2v) is 6.11. The lowest BCUT2D eigenvalue weighted by atomic mass is 9.96. The van der Waals surface area contributed by atoms with Gasteiger partial charge in [-0.3, -0.25) is 14.4 Å². The first-order chi connectivity index (χ1) is 11.1. The maximum absolute atomic E-state index is 11.8. The van der Waals surface area contributed by atoms with Crippen LogP contribution in [0.25, 0.3) is 10.9 Å². The van der Waals surface area contributed by atoms with E-state index in [1.807, 2.05) is 36.3 Å². The number of carboxylic acids is 1. The summed E-state index contributed by atoms with van der Waals surface area (Å²) in [5.74, 6) is -0.773. The number of benzene rings is 1. The molecule has 3 aromatic rings. The smallest absolute Gasteiger partial charge is 0.321 e. The van der Waals surface area contributed by atoms with Crippen molar-refractivity contribution in [3.63, 3.8) is 0 Å². The van der Waals surface area contributed by atoms with Gasteiger partial charge in [0.2, 0.25) is 0 Å². The molecule has 1 aromatic carbocycles. The Kier molecular flexibility index (Phi) is 3.20. The Morgan fingerprint density at radius 1 is 1.43 bits per heavy atom. The fourth-order valence-electron chi connectivity index (χ4n) is 3.46. The number of aliphatic carboxylic acids is 1. The molecule has 4 rings (SSSR count). The van der Waals surface area contributed by atoms with Crippen molar-refractivity contribution in [2.24, 2.45) is 7.05 Å². The van der Waals surface area contributed by atoms with E-state index in [1.54, 1.807) is 10.9 Å². The first-order valence-electron chi connectivity index (χ1n) is 7.64. The Morgan fingerprint density at radius 3 is 3.00 bits per heavy atom. The van der Waals surface area contributed by atoms with Gasteiger partial charge in [-0.2, -0.15) is 5.10 Å². The molecule has 6 heteroatoms. The molecular weight excluding hydrogens is 292 g/mol. The molecule has 23 heavy (non-hydrogen) atoms. The lowest BCUT2D eigenvalue weighted by Crippen LogP contribution is -2.44. The number of nitrogens with one attached hydrogen (secondary N) is 1. The summed E-state index contributed by atoms with van der Waals surface area (Å²) in [5.41, 5.74) is 4.35. The van der Waals surface area contributed by atoms with Crippen LogP contribution in [-0.4, -0.2) is 36.8 Å². The molecule has 1 aliphatic heterocycles. The minimum absolute atomic E-state index is 0.512. The van der Waals surface area contributed by atoms with Crippen molar-refractivity contribution in [3.05, 3.63) is 53.5 Å². The van der Waals surface area contributed by atoms with Gasteiger partial charge < -0.3 is 10.1 Å². The number of hydrogen-bond acceptors (Lipinski definition) is 3. The standard InChI is InChI=1S/C17H18N4O2/c1-20-8-11(7-18-20)9-21-10-15-13(6-16(21)17(22)23)12-4-2-3-5-14(12)19-15/h2-5,7-8,16,19H,6,9-10H2,1H3,(H,22,23). The number of aromatic nitrogens is 3. The number of carbonyl (C=O) groups is 1. The first-order valence-corrected chi connectivity index (χ1v) is 7.64. The number of rotatable bonds is 3. The Morgan fingerprint density at radius 2 is 2.26 bits per heavy atom. The largest absolute Gasteiger partial charge is 0.480 e. The topological polar surface area (TPSA) is 74.2 Å². The van der Waals surface area contributed by atoms with Gasteiger partial charge in [-0.1, -0.05) is 18.2 Å². The van der Waals surface area contributed by atoms with Crippen LogP contribution in [0.1, 0.15) is 16.8 Å². The fraction of sp³-hybridized carbons (Fsp3) is 0.294. The van der Waals surface area contributed by atoms with Gasteiger partial charge in [0.15, 0.2) is 0 Å². The monoisotopic (exact) mass is 310 g/mol. The number of para-hydroxylation sites is 1. The third-order valence-corrected chi connectivity index (χ3v) is 4.53. The molecule has 2 N–H and O–H groups in total. The van der Waals surface area contributed by atoms with Gasteiger partial charge >= 0.3 is 5.97 Å². The lowest BCUT2D eigenvalue weighted by Gasteiger charge is -2.32. The van der Waals surface area contributed by atoms with E-state index in [0.717, 1.165) is 27.7 Å². The Labute approximate surface area is 133 Å². The zero-order chi connectivity index (χ0) is 16.0. The number of aromatic amines is 1. The van der Waals surface area contributed by atoms with Crippen LogP contribution in [0.15, 0.2) is 36.7 Å². The van der Waals surface area contributed by atoms with Crippen LogP contribution in [0.4, 0.5) is 0 Å². The van der Waals surface area contributed by atoms with E-state index in [4.69, 9.17) is 0 Å². The number of aryl methyl sites for hydroxylation is 1. The average molecular weight is 310 g/mol. The van der Waals surface area contributed by atoms with E-state index in [9.17, 15) is 9.90 Å². The summed E-state index contributed by atoms with van der Waals surface area (Å²) < 4.78 is 1.74. The zero-order valence-corrected chi connectivity index (χ0v) is 12.9. The first kappa shape index (κ1) is 14.0. The molecule has 0 saturated heterocycles. The highest BCUT2D eigenvalue weighted by Gasteiger charge is 2.33. The molecule has 0 bridgehead atoms. The maximum Gasteiger partial charge on any atom is 0.321 e. The highest BCUT2D eigenvalue weighted by Crippen LogP contribution is 2.31. The van der Waals surface area contributed by atoms with Crippen molar-refractivity contribution in [1.82, 2.24) is 19.7 Å². The van der Waals surface area contributed by atoms with Crippen LogP contribution in [-0.2, 0) is 31.4 Å². The molecule has 118 valence electrons. The molecule has 2 aromatic heterocycles. The highest BCUT2D eigenvalue weighted by atomic mass is 16.4. The van der Waals surface area contributed by atoms with Gasteiger partial charge in [-0.25, -0.2) is 0 Å². The van der Waals surface area contributed by atoms with Crippen molar-refractivity contribution in [1.29, 1.82) is 0 Å². The third kappa shape index (κ3) is 2.41. The van der Waals surface area contributed by atoms with E-state index in [0.29, 0.717) is 19.5 Å². The van der Waals surface area contributed by atoms with Gasteiger partial charge in [0, 0.05) is 54.9 Å². The van der Waals surface area contributed by atoms with Crippen LogP contribution in [0.5, 0.6) is 0 Å². The number of fused-ring (bicyclic) bond motifs is 3. The molecule has 6 nitrogen and oxygen atoms in total. The van der Waals surface area contributed by atoms with E-state index < -0.39 is 12.0 Å². The summed E-state index contributed by atoms with van der Waals surface area (Å²) in [5, 5.41) is 15.0. The number of H-pyrrole nitrogens is 1. The lowest BCUT2D eigenvalue weighted by molar-refractivity contribution is -0.144. The molecule has 0 saturated carbocycles. The number of nitrogens with zero attached hydrogens (tertiary/aromatic N) is 3. The predicted octanol–water partition coefficient (Wildman–Crippen LogP) is 1.91. The quantitative estimate of drug-likeness (QED) is 0.775. The highest BCUT2D eigenvalue weighted by molar-refractivity contribution is 5.86. The summed E-state index contributed by atoms with van der Waals surface area (Å²) in [6.45, 7) is 1.19. The molecule has 1 atom stereocenters. The van der Waals surface area contributed by atoms with Crippen molar-refractivity contribution >= 4 is 16.9 Å². The Balaban J connectivity index is 1.71. The predicted molar refractivity (Wildman–Crippen MR) is 85.9 cm³/mol. The zero-order valence-electron chi connectivity index (χ0n) is 12.9. The molecule has 3 heterocycles. The van der Waals surface area contributed by atoms with Crippen molar-refractivity contribution < 1.29 is 9.90 Å². The van der Waals surface area contributed by atoms with E-state index >= 15 is 0 Å². The maximum atomic E-state index is 11.8. The van der Waals surface area contributed by atoms with Gasteiger partial charge in [0.1, 0.15) is 6.04 Å². The molecule has 0 aliphatic carbocycles. The number of hydrogen-bond donors (Lipinski definition) is 2. The Hall–Kier alpha value is -2.60. The van der Waals surface area contributed by atoms with E-state index in [-0.39, 0.29) is 0 Å². The minimum Gasteiger partial charge on any atom is -0.480 e. The van der Waals surface area contributed by atoms with Crippen LogP contribution in [0.2, 0.25) is 0 Å². The van der Waals surface area contributed by atoms with Gasteiger partial charge in [0.25, 0.3) is 0 Å². The normalized spacial score (nSPS) is 18.2.